The molecular weight excluding hydrogens is 326 g/mol. The Bertz CT molecular complexity index is 971. The van der Waals surface area contributed by atoms with Gasteiger partial charge in [0.1, 0.15) is 11.3 Å². The summed E-state index contributed by atoms with van der Waals surface area (Å²) in [7, 11) is 1.27. The summed E-state index contributed by atoms with van der Waals surface area (Å²) in [6, 6.07) is 10.6. The number of aryl methyl sites for hydroxylation is 1. The summed E-state index contributed by atoms with van der Waals surface area (Å²) in [6.07, 6.45) is 0.899. The number of benzene rings is 2. The number of aromatic hydroxyl groups is 1. The molecule has 6 heteroatoms. The van der Waals surface area contributed by atoms with Gasteiger partial charge in [0.15, 0.2) is 0 Å². The first-order valence-electron chi connectivity index (χ1n) is 7.60. The van der Waals surface area contributed by atoms with Crippen LogP contribution in [0, 0.1) is 0 Å². The number of phenolic OH excluding ortho intramolecular Hbond substituents is 1. The minimum atomic E-state index is -0.579. The van der Waals surface area contributed by atoms with Crippen LogP contribution in [0.5, 0.6) is 5.75 Å². The van der Waals surface area contributed by atoms with Crippen molar-refractivity contribution in [2.24, 2.45) is 0 Å². The van der Waals surface area contributed by atoms with Gasteiger partial charge in [-0.1, -0.05) is 30.4 Å². The molecule has 24 heavy (non-hydrogen) atoms. The molecule has 1 heterocycles. The Kier molecular flexibility index (Phi) is 4.40. The van der Waals surface area contributed by atoms with Crippen LogP contribution in [0.15, 0.2) is 41.2 Å². The van der Waals surface area contributed by atoms with Crippen molar-refractivity contribution < 1.29 is 14.6 Å². The fraction of sp³-hybridized carbons (Fsp3) is 0.222. The molecule has 0 saturated carbocycles. The van der Waals surface area contributed by atoms with E-state index in [0.717, 1.165) is 27.8 Å². The summed E-state index contributed by atoms with van der Waals surface area (Å²) in [4.78, 5) is 23.6. The number of esters is 1. The lowest BCUT2D eigenvalue weighted by atomic mass is 10.0. The van der Waals surface area contributed by atoms with E-state index < -0.39 is 5.97 Å². The normalized spacial score (nSPS) is 10.9. The lowest BCUT2D eigenvalue weighted by Crippen LogP contribution is -2.11. The number of phenols is 1. The minimum Gasteiger partial charge on any atom is -0.507 e. The molecule has 0 spiro atoms. The van der Waals surface area contributed by atoms with Crippen molar-refractivity contribution in [3.05, 3.63) is 51.6 Å². The van der Waals surface area contributed by atoms with E-state index in [-0.39, 0.29) is 16.2 Å². The Morgan fingerprint density at radius 3 is 2.58 bits per heavy atom. The van der Waals surface area contributed by atoms with Crippen molar-refractivity contribution in [3.8, 4) is 16.9 Å². The highest BCUT2D eigenvalue weighted by Gasteiger charge is 2.13. The van der Waals surface area contributed by atoms with Crippen LogP contribution in [0.3, 0.4) is 0 Å². The van der Waals surface area contributed by atoms with Gasteiger partial charge in [0.2, 0.25) is 0 Å². The number of aromatic nitrogens is 1. The fourth-order valence-electron chi connectivity index (χ4n) is 2.68. The molecule has 0 radical (unpaired) electrons. The third-order valence-electron chi connectivity index (χ3n) is 3.85. The number of methoxy groups -OCH3 is 1. The summed E-state index contributed by atoms with van der Waals surface area (Å²) in [5.41, 5.74) is 2.69. The van der Waals surface area contributed by atoms with Crippen molar-refractivity contribution in [2.45, 2.75) is 19.9 Å². The fourth-order valence-corrected chi connectivity index (χ4v) is 3.63. The van der Waals surface area contributed by atoms with Gasteiger partial charge in [-0.05, 0) is 41.8 Å². The largest absolute Gasteiger partial charge is 0.507 e. The van der Waals surface area contributed by atoms with Gasteiger partial charge in [-0.3, -0.25) is 9.36 Å². The second kappa shape index (κ2) is 6.49. The number of fused-ring (bicyclic) bond motifs is 1. The molecular formula is C18H17NO4S. The van der Waals surface area contributed by atoms with E-state index >= 15 is 0 Å². The summed E-state index contributed by atoms with van der Waals surface area (Å²) in [5.74, 6) is -0.708. The molecule has 0 fully saturated rings. The van der Waals surface area contributed by atoms with Crippen LogP contribution in [0.25, 0.3) is 21.3 Å². The molecule has 1 aromatic heterocycles. The molecule has 3 rings (SSSR count). The number of hydrogen-bond donors (Lipinski definition) is 1. The van der Waals surface area contributed by atoms with Gasteiger partial charge >= 0.3 is 10.8 Å². The highest BCUT2D eigenvalue weighted by atomic mass is 32.1. The van der Waals surface area contributed by atoms with Gasteiger partial charge in [0, 0.05) is 6.54 Å². The number of thiazole rings is 1. The maximum Gasteiger partial charge on any atom is 0.341 e. The van der Waals surface area contributed by atoms with Crippen molar-refractivity contribution in [1.29, 1.82) is 0 Å². The molecule has 0 saturated heterocycles. The highest BCUT2D eigenvalue weighted by molar-refractivity contribution is 7.16. The van der Waals surface area contributed by atoms with E-state index in [1.54, 1.807) is 10.6 Å². The van der Waals surface area contributed by atoms with Gasteiger partial charge in [-0.15, -0.1) is 0 Å². The van der Waals surface area contributed by atoms with E-state index in [2.05, 4.69) is 4.74 Å². The van der Waals surface area contributed by atoms with E-state index in [4.69, 9.17) is 0 Å². The number of nitrogens with zero attached hydrogens (tertiary/aromatic N) is 1. The van der Waals surface area contributed by atoms with E-state index in [1.165, 1.54) is 30.6 Å². The zero-order valence-electron chi connectivity index (χ0n) is 13.4. The van der Waals surface area contributed by atoms with Crippen LogP contribution in [-0.4, -0.2) is 22.8 Å². The average molecular weight is 343 g/mol. The van der Waals surface area contributed by atoms with E-state index in [1.807, 2.05) is 25.1 Å². The lowest BCUT2D eigenvalue weighted by Gasteiger charge is -2.07. The predicted molar refractivity (Wildman–Crippen MR) is 94.8 cm³/mol. The predicted octanol–water partition coefficient (Wildman–Crippen LogP) is 3.63. The first kappa shape index (κ1) is 16.3. The van der Waals surface area contributed by atoms with E-state index in [0.29, 0.717) is 6.54 Å². The molecule has 3 aromatic rings. The van der Waals surface area contributed by atoms with Crippen LogP contribution in [0.4, 0.5) is 0 Å². The minimum absolute atomic E-state index is 0.0351. The van der Waals surface area contributed by atoms with Crippen molar-refractivity contribution in [2.75, 3.05) is 7.11 Å². The zero-order chi connectivity index (χ0) is 17.3. The Morgan fingerprint density at radius 2 is 1.92 bits per heavy atom. The molecule has 5 nitrogen and oxygen atoms in total. The standard InChI is InChI=1S/C18H17NO4S/c1-3-8-19-14-7-5-12(10-16(14)24-18(19)22)11-4-6-13(15(20)9-11)17(21)23-2/h4-7,9-10,20H,3,8H2,1-2H3. The van der Waals surface area contributed by atoms with Crippen LogP contribution in [-0.2, 0) is 11.3 Å². The maximum absolute atomic E-state index is 12.1. The molecule has 1 N–H and O–H groups in total. The van der Waals surface area contributed by atoms with Crippen LogP contribution in [0.1, 0.15) is 23.7 Å². The van der Waals surface area contributed by atoms with Gasteiger partial charge in [-0.2, -0.15) is 0 Å². The lowest BCUT2D eigenvalue weighted by molar-refractivity contribution is 0.0597. The van der Waals surface area contributed by atoms with Crippen molar-refractivity contribution in [3.63, 3.8) is 0 Å². The van der Waals surface area contributed by atoms with Gasteiger partial charge in [-0.25, -0.2) is 4.79 Å². The highest BCUT2D eigenvalue weighted by Crippen LogP contribution is 2.30. The second-order valence-corrected chi connectivity index (χ2v) is 6.42. The zero-order valence-corrected chi connectivity index (χ0v) is 14.2. The Morgan fingerprint density at radius 1 is 1.21 bits per heavy atom. The molecule has 2 aromatic carbocycles. The SMILES string of the molecule is CCCn1c(=O)sc2cc(-c3ccc(C(=O)OC)c(O)c3)ccc21. The monoisotopic (exact) mass is 343 g/mol. The number of carbonyl (C=O) groups excluding carboxylic acids is 1. The third kappa shape index (κ3) is 2.80. The number of carbonyl (C=O) groups is 1. The molecule has 0 bridgehead atoms. The quantitative estimate of drug-likeness (QED) is 0.735. The summed E-state index contributed by atoms with van der Waals surface area (Å²) >= 11 is 1.21. The van der Waals surface area contributed by atoms with Crippen LogP contribution < -0.4 is 4.87 Å². The summed E-state index contributed by atoms with van der Waals surface area (Å²) in [5, 5.41) is 10.0. The smallest absolute Gasteiger partial charge is 0.341 e. The molecule has 0 aliphatic carbocycles. The summed E-state index contributed by atoms with van der Waals surface area (Å²) in [6.45, 7) is 2.74. The number of hydrogen-bond acceptors (Lipinski definition) is 5. The molecule has 0 aliphatic rings. The summed E-state index contributed by atoms with van der Waals surface area (Å²) < 4.78 is 7.31. The molecule has 0 aliphatic heterocycles. The Hall–Kier alpha value is -2.60. The molecule has 0 amide bonds. The Labute approximate surface area is 142 Å². The molecule has 0 atom stereocenters. The van der Waals surface area contributed by atoms with Crippen LogP contribution >= 0.6 is 11.3 Å². The maximum atomic E-state index is 12.1. The van der Waals surface area contributed by atoms with Crippen molar-refractivity contribution in [1.82, 2.24) is 4.57 Å². The van der Waals surface area contributed by atoms with Gasteiger partial charge in [0.25, 0.3) is 0 Å². The van der Waals surface area contributed by atoms with Crippen molar-refractivity contribution >= 4 is 27.5 Å². The van der Waals surface area contributed by atoms with E-state index in [9.17, 15) is 14.7 Å². The number of ether oxygens (including phenoxy) is 1. The Balaban J connectivity index is 2.05. The molecule has 124 valence electrons. The average Bonchev–Trinajstić information content (AvgIpc) is 2.89. The first-order chi connectivity index (χ1) is 11.5. The third-order valence-corrected chi connectivity index (χ3v) is 4.79. The molecule has 0 unspecified atom stereocenters. The second-order valence-electron chi connectivity index (χ2n) is 5.43. The van der Waals surface area contributed by atoms with Gasteiger partial charge < -0.3 is 9.84 Å². The number of rotatable bonds is 4. The first-order valence-corrected chi connectivity index (χ1v) is 8.42. The van der Waals surface area contributed by atoms with Crippen LogP contribution in [0.2, 0.25) is 0 Å². The topological polar surface area (TPSA) is 68.5 Å². The van der Waals surface area contributed by atoms with Gasteiger partial charge in [0.05, 0.1) is 17.3 Å².